The molecule has 0 atom stereocenters. The van der Waals surface area contributed by atoms with Crippen LogP contribution < -0.4 is 10.6 Å². The third-order valence-corrected chi connectivity index (χ3v) is 4.05. The quantitative estimate of drug-likeness (QED) is 0.727. The lowest BCUT2D eigenvalue weighted by Gasteiger charge is -2.06. The van der Waals surface area contributed by atoms with Gasteiger partial charge >= 0.3 is 0 Å². The molecule has 3 rings (SSSR count). The molecule has 118 valence electrons. The highest BCUT2D eigenvalue weighted by Gasteiger charge is 2.11. The Kier molecular flexibility index (Phi) is 4.49. The maximum Gasteiger partial charge on any atom is 0.252 e. The molecule has 23 heavy (non-hydrogen) atoms. The zero-order valence-electron chi connectivity index (χ0n) is 11.7. The number of anilines is 1. The third-order valence-electron chi connectivity index (χ3n) is 2.89. The number of hydrogen-bond donors (Lipinski definition) is 2. The van der Waals surface area contributed by atoms with Crippen LogP contribution in [-0.2, 0) is 4.79 Å². The Hall–Kier alpha value is -2.52. The molecular formula is C13H11ClN6O2S. The highest BCUT2D eigenvalue weighted by molar-refractivity contribution is 7.20. The summed E-state index contributed by atoms with van der Waals surface area (Å²) in [5.41, 5.74) is 0.378. The molecule has 0 aliphatic carbocycles. The number of halogens is 1. The van der Waals surface area contributed by atoms with E-state index in [1.807, 2.05) is 0 Å². The van der Waals surface area contributed by atoms with E-state index >= 15 is 0 Å². The first kappa shape index (κ1) is 15.4. The Labute approximate surface area is 139 Å². The topological polar surface area (TPSA) is 101 Å². The number of nitrogens with one attached hydrogen (secondary N) is 2. The van der Waals surface area contributed by atoms with Crippen LogP contribution in [-0.4, -0.2) is 38.2 Å². The Morgan fingerprint density at radius 2 is 2.13 bits per heavy atom. The van der Waals surface area contributed by atoms with Crippen LogP contribution in [0, 0.1) is 0 Å². The molecule has 0 unspecified atom stereocenters. The van der Waals surface area contributed by atoms with Crippen LogP contribution in [0.2, 0.25) is 5.02 Å². The van der Waals surface area contributed by atoms with Crippen LogP contribution in [0.5, 0.6) is 0 Å². The molecule has 0 fully saturated rings. The highest BCUT2D eigenvalue weighted by atomic mass is 35.5. The lowest BCUT2D eigenvalue weighted by molar-refractivity contribution is -0.116. The summed E-state index contributed by atoms with van der Waals surface area (Å²) in [6.45, 7) is 0.194. The lowest BCUT2D eigenvalue weighted by Crippen LogP contribution is -2.27. The molecule has 10 heteroatoms. The molecule has 2 amide bonds. The van der Waals surface area contributed by atoms with Crippen molar-refractivity contribution in [1.82, 2.24) is 25.1 Å². The monoisotopic (exact) mass is 350 g/mol. The van der Waals surface area contributed by atoms with E-state index in [9.17, 15) is 9.59 Å². The summed E-state index contributed by atoms with van der Waals surface area (Å²) in [6, 6.07) is 6.72. The Balaban J connectivity index is 1.48. The van der Waals surface area contributed by atoms with Gasteiger partial charge in [0.1, 0.15) is 6.33 Å². The molecule has 8 nitrogen and oxygen atoms in total. The predicted octanol–water partition coefficient (Wildman–Crippen LogP) is 1.60. The van der Waals surface area contributed by atoms with E-state index in [1.54, 1.807) is 24.3 Å². The first-order valence-electron chi connectivity index (χ1n) is 6.63. The maximum atomic E-state index is 11.9. The molecule has 0 saturated carbocycles. The number of hydrogen-bond acceptors (Lipinski definition) is 6. The smallest absolute Gasteiger partial charge is 0.252 e. The van der Waals surface area contributed by atoms with Gasteiger partial charge in [-0.2, -0.15) is 4.52 Å². The van der Waals surface area contributed by atoms with Crippen molar-refractivity contribution < 1.29 is 9.59 Å². The van der Waals surface area contributed by atoms with Crippen molar-refractivity contribution in [3.05, 3.63) is 41.2 Å². The molecule has 0 spiro atoms. The SMILES string of the molecule is O=C(CCNC(=O)c1ccccc1Cl)Nc1nn2cnnc2s1. The van der Waals surface area contributed by atoms with Gasteiger partial charge in [0.05, 0.1) is 10.6 Å². The van der Waals surface area contributed by atoms with Crippen molar-refractivity contribution >= 4 is 44.8 Å². The number of amides is 2. The fourth-order valence-electron chi connectivity index (χ4n) is 1.82. The average Bonchev–Trinajstić information content (AvgIpc) is 3.08. The molecular weight excluding hydrogens is 340 g/mol. The average molecular weight is 351 g/mol. The van der Waals surface area contributed by atoms with Gasteiger partial charge in [-0.25, -0.2) is 0 Å². The number of fused-ring (bicyclic) bond motifs is 1. The van der Waals surface area contributed by atoms with Crippen LogP contribution in [0.3, 0.4) is 0 Å². The molecule has 0 aliphatic rings. The van der Waals surface area contributed by atoms with E-state index in [4.69, 9.17) is 11.6 Å². The second-order valence-corrected chi connectivity index (χ2v) is 5.86. The van der Waals surface area contributed by atoms with Crippen LogP contribution in [0.25, 0.3) is 4.96 Å². The fraction of sp³-hybridized carbons (Fsp3) is 0.154. The largest absolute Gasteiger partial charge is 0.351 e. The Bertz CT molecular complexity index is 832. The van der Waals surface area contributed by atoms with E-state index in [1.165, 1.54) is 22.2 Å². The van der Waals surface area contributed by atoms with Gasteiger partial charge in [-0.15, -0.1) is 15.3 Å². The van der Waals surface area contributed by atoms with E-state index in [0.29, 0.717) is 20.7 Å². The Morgan fingerprint density at radius 3 is 2.91 bits per heavy atom. The molecule has 0 bridgehead atoms. The van der Waals surface area contributed by atoms with Crippen LogP contribution in [0.4, 0.5) is 5.13 Å². The van der Waals surface area contributed by atoms with Crippen molar-refractivity contribution in [3.63, 3.8) is 0 Å². The van der Waals surface area contributed by atoms with E-state index in [-0.39, 0.29) is 24.8 Å². The summed E-state index contributed by atoms with van der Waals surface area (Å²) >= 11 is 7.15. The highest BCUT2D eigenvalue weighted by Crippen LogP contribution is 2.17. The van der Waals surface area contributed by atoms with Crippen molar-refractivity contribution in [2.24, 2.45) is 0 Å². The number of carbonyl (C=O) groups excluding carboxylic acids is 2. The molecule has 0 radical (unpaired) electrons. The van der Waals surface area contributed by atoms with Gasteiger partial charge < -0.3 is 10.6 Å². The van der Waals surface area contributed by atoms with Crippen molar-refractivity contribution in [1.29, 1.82) is 0 Å². The van der Waals surface area contributed by atoms with Gasteiger partial charge in [-0.1, -0.05) is 35.1 Å². The van der Waals surface area contributed by atoms with Gasteiger partial charge in [0, 0.05) is 13.0 Å². The third kappa shape index (κ3) is 3.63. The normalized spacial score (nSPS) is 10.7. The summed E-state index contributed by atoms with van der Waals surface area (Å²) in [4.78, 5) is 24.4. The standard InChI is InChI=1S/C13H11ClN6O2S/c14-9-4-2-1-3-8(9)11(22)15-6-5-10(21)17-12-19-20-7-16-18-13(20)23-12/h1-4,7H,5-6H2,(H,15,22)(H,17,19,21). The number of benzene rings is 1. The number of aromatic nitrogens is 4. The van der Waals surface area contributed by atoms with Gasteiger partial charge in [0.25, 0.3) is 5.91 Å². The summed E-state index contributed by atoms with van der Waals surface area (Å²) in [7, 11) is 0. The molecule has 3 aromatic rings. The molecule has 2 aromatic heterocycles. The summed E-state index contributed by atoms with van der Waals surface area (Å²) in [5, 5.41) is 17.7. The van der Waals surface area contributed by atoms with Crippen molar-refractivity contribution in [2.45, 2.75) is 6.42 Å². The van der Waals surface area contributed by atoms with E-state index in [2.05, 4.69) is 25.9 Å². The first-order chi connectivity index (χ1) is 11.1. The molecule has 0 aliphatic heterocycles. The van der Waals surface area contributed by atoms with Crippen LogP contribution in [0.1, 0.15) is 16.8 Å². The van der Waals surface area contributed by atoms with Crippen LogP contribution in [0.15, 0.2) is 30.6 Å². The number of nitrogens with zero attached hydrogens (tertiary/aromatic N) is 4. The zero-order valence-corrected chi connectivity index (χ0v) is 13.3. The number of rotatable bonds is 5. The minimum atomic E-state index is -0.317. The minimum Gasteiger partial charge on any atom is -0.351 e. The van der Waals surface area contributed by atoms with Gasteiger partial charge in [-0.05, 0) is 12.1 Å². The van der Waals surface area contributed by atoms with E-state index < -0.39 is 0 Å². The van der Waals surface area contributed by atoms with Gasteiger partial charge in [0.15, 0.2) is 0 Å². The second kappa shape index (κ2) is 6.71. The molecule has 0 saturated heterocycles. The maximum absolute atomic E-state index is 11.9. The lowest BCUT2D eigenvalue weighted by atomic mass is 10.2. The van der Waals surface area contributed by atoms with Crippen LogP contribution >= 0.6 is 22.9 Å². The molecule has 1 aromatic carbocycles. The minimum absolute atomic E-state index is 0.121. The zero-order chi connectivity index (χ0) is 16.2. The summed E-state index contributed by atoms with van der Waals surface area (Å²) in [6.07, 6.45) is 1.57. The Morgan fingerprint density at radius 1 is 1.30 bits per heavy atom. The second-order valence-electron chi connectivity index (χ2n) is 4.50. The summed E-state index contributed by atoms with van der Waals surface area (Å²) < 4.78 is 1.47. The molecule has 2 N–H and O–H groups in total. The predicted molar refractivity (Wildman–Crippen MR) is 85.7 cm³/mol. The van der Waals surface area contributed by atoms with Gasteiger partial charge in [-0.3, -0.25) is 9.59 Å². The fourth-order valence-corrected chi connectivity index (χ4v) is 2.78. The van der Waals surface area contributed by atoms with Gasteiger partial charge in [0.2, 0.25) is 16.0 Å². The molecule has 2 heterocycles. The number of carbonyl (C=O) groups is 2. The van der Waals surface area contributed by atoms with Crippen molar-refractivity contribution in [3.8, 4) is 0 Å². The first-order valence-corrected chi connectivity index (χ1v) is 7.82. The summed E-state index contributed by atoms with van der Waals surface area (Å²) in [5.74, 6) is -0.573. The van der Waals surface area contributed by atoms with E-state index in [0.717, 1.165) is 0 Å². The van der Waals surface area contributed by atoms with Crippen molar-refractivity contribution in [2.75, 3.05) is 11.9 Å².